The first kappa shape index (κ1) is 13.1. The van der Waals surface area contributed by atoms with Crippen molar-refractivity contribution in [1.29, 1.82) is 0 Å². The summed E-state index contributed by atoms with van der Waals surface area (Å²) in [6, 6.07) is 1.93. The first-order valence-electron chi connectivity index (χ1n) is 6.60. The van der Waals surface area contributed by atoms with E-state index < -0.39 is 0 Å². The average molecular weight is 251 g/mol. The van der Waals surface area contributed by atoms with Gasteiger partial charge in [-0.25, -0.2) is 0 Å². The van der Waals surface area contributed by atoms with Crippen molar-refractivity contribution in [2.24, 2.45) is 13.0 Å². The summed E-state index contributed by atoms with van der Waals surface area (Å²) < 4.78 is 1.62. The van der Waals surface area contributed by atoms with Crippen LogP contribution in [0.3, 0.4) is 0 Å². The minimum Gasteiger partial charge on any atom is -0.396 e. The van der Waals surface area contributed by atoms with Gasteiger partial charge in [0, 0.05) is 25.6 Å². The number of amides is 1. The van der Waals surface area contributed by atoms with Crippen molar-refractivity contribution in [2.75, 3.05) is 6.61 Å². The highest BCUT2D eigenvalue weighted by Gasteiger charge is 2.28. The highest BCUT2D eigenvalue weighted by atomic mass is 16.3. The summed E-state index contributed by atoms with van der Waals surface area (Å²) in [5.74, 6) is 0.114. The maximum atomic E-state index is 12.2. The van der Waals surface area contributed by atoms with E-state index in [9.17, 15) is 9.90 Å². The number of aliphatic hydroxyl groups excluding tert-OH is 1. The molecule has 1 aromatic rings. The van der Waals surface area contributed by atoms with E-state index in [0.717, 1.165) is 31.4 Å². The first-order chi connectivity index (χ1) is 8.65. The number of carbonyl (C=O) groups excluding carboxylic acids is 1. The quantitative estimate of drug-likeness (QED) is 0.834. The molecule has 5 nitrogen and oxygen atoms in total. The minimum absolute atomic E-state index is 0.0879. The highest BCUT2D eigenvalue weighted by molar-refractivity contribution is 5.92. The van der Waals surface area contributed by atoms with Gasteiger partial charge < -0.3 is 10.4 Å². The van der Waals surface area contributed by atoms with E-state index in [1.165, 1.54) is 0 Å². The Morgan fingerprint density at radius 1 is 1.61 bits per heavy atom. The van der Waals surface area contributed by atoms with Gasteiger partial charge in [0.1, 0.15) is 5.69 Å². The number of carbonyl (C=O) groups is 1. The van der Waals surface area contributed by atoms with Crippen LogP contribution in [0, 0.1) is 5.92 Å². The molecule has 1 heterocycles. The SMILES string of the molecule is CCc1cc(C(=O)NC2CCCC2CO)n(C)n1. The Hall–Kier alpha value is -1.36. The van der Waals surface area contributed by atoms with Crippen molar-refractivity contribution in [3.8, 4) is 0 Å². The lowest BCUT2D eigenvalue weighted by Gasteiger charge is -2.18. The van der Waals surface area contributed by atoms with Crippen LogP contribution in [0.1, 0.15) is 42.4 Å². The van der Waals surface area contributed by atoms with E-state index in [0.29, 0.717) is 5.69 Å². The van der Waals surface area contributed by atoms with E-state index >= 15 is 0 Å². The lowest BCUT2D eigenvalue weighted by Crippen LogP contribution is -2.39. The molecule has 1 saturated carbocycles. The van der Waals surface area contributed by atoms with E-state index in [2.05, 4.69) is 10.4 Å². The summed E-state index contributed by atoms with van der Waals surface area (Å²) in [6.45, 7) is 2.17. The lowest BCUT2D eigenvalue weighted by atomic mass is 10.1. The number of aryl methyl sites for hydroxylation is 2. The zero-order valence-corrected chi connectivity index (χ0v) is 11.0. The first-order valence-corrected chi connectivity index (χ1v) is 6.60. The molecule has 100 valence electrons. The molecule has 1 aliphatic carbocycles. The molecule has 0 bridgehead atoms. The Kier molecular flexibility index (Phi) is 4.01. The van der Waals surface area contributed by atoms with Crippen LogP contribution in [0.25, 0.3) is 0 Å². The Labute approximate surface area is 107 Å². The summed E-state index contributed by atoms with van der Waals surface area (Å²) in [6.07, 6.45) is 3.84. The molecule has 5 heteroatoms. The van der Waals surface area contributed by atoms with Crippen LogP contribution >= 0.6 is 0 Å². The Morgan fingerprint density at radius 3 is 3.00 bits per heavy atom. The second-order valence-corrected chi connectivity index (χ2v) is 4.95. The van der Waals surface area contributed by atoms with Gasteiger partial charge in [-0.3, -0.25) is 9.48 Å². The molecule has 0 spiro atoms. The van der Waals surface area contributed by atoms with Crippen LogP contribution < -0.4 is 5.32 Å². The molecule has 1 aromatic heterocycles. The Bertz CT molecular complexity index is 428. The van der Waals surface area contributed by atoms with Crippen molar-refractivity contribution >= 4 is 5.91 Å². The average Bonchev–Trinajstić information content (AvgIpc) is 2.95. The van der Waals surface area contributed by atoms with Crippen molar-refractivity contribution < 1.29 is 9.90 Å². The third kappa shape index (κ3) is 2.56. The summed E-state index contributed by atoms with van der Waals surface area (Å²) >= 11 is 0. The standard InChI is InChI=1S/C13H21N3O2/c1-3-10-7-12(16(2)15-10)13(18)14-11-6-4-5-9(11)8-17/h7,9,11,17H,3-6,8H2,1-2H3,(H,14,18). The van der Waals surface area contributed by atoms with E-state index in [1.54, 1.807) is 11.7 Å². The van der Waals surface area contributed by atoms with Gasteiger partial charge in [0.25, 0.3) is 5.91 Å². The fourth-order valence-corrected chi connectivity index (χ4v) is 2.60. The van der Waals surface area contributed by atoms with Crippen molar-refractivity contribution in [3.05, 3.63) is 17.5 Å². The normalized spacial score (nSPS) is 23.3. The lowest BCUT2D eigenvalue weighted by molar-refractivity contribution is 0.0906. The van der Waals surface area contributed by atoms with Gasteiger partial charge in [-0.05, 0) is 25.3 Å². The van der Waals surface area contributed by atoms with Crippen LogP contribution in [-0.2, 0) is 13.5 Å². The summed E-state index contributed by atoms with van der Waals surface area (Å²) in [7, 11) is 1.78. The molecule has 2 rings (SSSR count). The van der Waals surface area contributed by atoms with Crippen LogP contribution in [-0.4, -0.2) is 33.4 Å². The van der Waals surface area contributed by atoms with Crippen LogP contribution in [0.5, 0.6) is 0 Å². The fraction of sp³-hybridized carbons (Fsp3) is 0.692. The van der Waals surface area contributed by atoms with Crippen LogP contribution in [0.2, 0.25) is 0 Å². The summed E-state index contributed by atoms with van der Waals surface area (Å²) in [4.78, 5) is 12.2. The predicted molar refractivity (Wildman–Crippen MR) is 68.3 cm³/mol. The van der Waals surface area contributed by atoms with E-state index in [4.69, 9.17) is 0 Å². The molecule has 0 radical (unpaired) electrons. The fourth-order valence-electron chi connectivity index (χ4n) is 2.60. The van der Waals surface area contributed by atoms with Crippen LogP contribution in [0.4, 0.5) is 0 Å². The van der Waals surface area contributed by atoms with Gasteiger partial charge in [-0.15, -0.1) is 0 Å². The van der Waals surface area contributed by atoms with Crippen LogP contribution in [0.15, 0.2) is 6.07 Å². The molecule has 0 aliphatic heterocycles. The minimum atomic E-state index is -0.0879. The highest BCUT2D eigenvalue weighted by Crippen LogP contribution is 2.25. The Balaban J connectivity index is 2.05. The molecular weight excluding hydrogens is 230 g/mol. The van der Waals surface area contributed by atoms with Gasteiger partial charge in [0.2, 0.25) is 0 Å². The van der Waals surface area contributed by atoms with E-state index in [-0.39, 0.29) is 24.5 Å². The molecule has 1 aliphatic rings. The third-order valence-corrected chi connectivity index (χ3v) is 3.74. The molecule has 2 atom stereocenters. The molecule has 2 unspecified atom stereocenters. The van der Waals surface area contributed by atoms with Gasteiger partial charge in [-0.1, -0.05) is 13.3 Å². The second-order valence-electron chi connectivity index (χ2n) is 4.95. The largest absolute Gasteiger partial charge is 0.396 e. The predicted octanol–water partition coefficient (Wildman–Crippen LogP) is 0.873. The monoisotopic (exact) mass is 251 g/mol. The number of hydrogen-bond donors (Lipinski definition) is 2. The molecule has 2 N–H and O–H groups in total. The molecule has 1 fully saturated rings. The van der Waals surface area contributed by atoms with Crippen molar-refractivity contribution in [3.63, 3.8) is 0 Å². The maximum Gasteiger partial charge on any atom is 0.269 e. The van der Waals surface area contributed by atoms with Gasteiger partial charge in [-0.2, -0.15) is 5.10 Å². The van der Waals surface area contributed by atoms with Gasteiger partial charge in [0.15, 0.2) is 0 Å². The number of aliphatic hydroxyl groups is 1. The molecule has 0 saturated heterocycles. The number of hydrogen-bond acceptors (Lipinski definition) is 3. The van der Waals surface area contributed by atoms with Crippen molar-refractivity contribution in [1.82, 2.24) is 15.1 Å². The smallest absolute Gasteiger partial charge is 0.269 e. The number of nitrogens with one attached hydrogen (secondary N) is 1. The van der Waals surface area contributed by atoms with Crippen molar-refractivity contribution in [2.45, 2.75) is 38.6 Å². The van der Waals surface area contributed by atoms with E-state index in [1.807, 2.05) is 13.0 Å². The number of nitrogens with zero attached hydrogens (tertiary/aromatic N) is 2. The molecule has 1 amide bonds. The topological polar surface area (TPSA) is 67.2 Å². The zero-order valence-electron chi connectivity index (χ0n) is 11.0. The molecule has 0 aromatic carbocycles. The molecular formula is C13H21N3O2. The maximum absolute atomic E-state index is 12.2. The zero-order chi connectivity index (χ0) is 13.1. The summed E-state index contributed by atoms with van der Waals surface area (Å²) in [5.41, 5.74) is 1.52. The Morgan fingerprint density at radius 2 is 2.39 bits per heavy atom. The number of aromatic nitrogens is 2. The van der Waals surface area contributed by atoms with Gasteiger partial charge in [0.05, 0.1) is 5.69 Å². The molecule has 18 heavy (non-hydrogen) atoms. The van der Waals surface area contributed by atoms with Gasteiger partial charge >= 0.3 is 0 Å². The summed E-state index contributed by atoms with van der Waals surface area (Å²) in [5, 5.41) is 16.5. The second kappa shape index (κ2) is 5.52. The third-order valence-electron chi connectivity index (χ3n) is 3.74. The number of rotatable bonds is 4.